The highest BCUT2D eigenvalue weighted by atomic mass is 32.2. The minimum atomic E-state index is -0.494. The van der Waals surface area contributed by atoms with E-state index in [1.165, 1.54) is 36.6 Å². The molecule has 0 aliphatic rings. The van der Waals surface area contributed by atoms with Crippen LogP contribution < -0.4 is 11.2 Å². The third-order valence-electron chi connectivity index (χ3n) is 5.34. The standard InChI is InChI=1S/C23H21FN4O4S/c1-26-19-18(20(29)27(2)23(26)31)28(12-16-6-4-5-7-17(16)24)22(25-19)33-13-14-8-10-15(11-9-14)21(30)32-3/h4-11H,12-13H2,1-3H3. The molecule has 10 heteroatoms. The number of hydrogen-bond donors (Lipinski definition) is 0. The van der Waals surface area contributed by atoms with Gasteiger partial charge in [-0.25, -0.2) is 19.0 Å². The third-order valence-corrected chi connectivity index (χ3v) is 6.39. The van der Waals surface area contributed by atoms with Gasteiger partial charge in [0, 0.05) is 25.4 Å². The number of carbonyl (C=O) groups excluding carboxylic acids is 1. The van der Waals surface area contributed by atoms with Gasteiger partial charge in [0.2, 0.25) is 0 Å². The number of aryl methyl sites for hydroxylation is 1. The van der Waals surface area contributed by atoms with Crippen LogP contribution in [0, 0.1) is 5.82 Å². The van der Waals surface area contributed by atoms with Crippen LogP contribution >= 0.6 is 11.8 Å². The molecule has 0 fully saturated rings. The van der Waals surface area contributed by atoms with Crippen molar-refractivity contribution >= 4 is 28.9 Å². The second-order valence-corrected chi connectivity index (χ2v) is 8.37. The predicted molar refractivity (Wildman–Crippen MR) is 123 cm³/mol. The summed E-state index contributed by atoms with van der Waals surface area (Å²) in [6.45, 7) is 0.0836. The van der Waals surface area contributed by atoms with Gasteiger partial charge in [-0.05, 0) is 23.8 Å². The quantitative estimate of drug-likeness (QED) is 0.319. The molecule has 0 N–H and O–H groups in total. The van der Waals surface area contributed by atoms with E-state index in [0.29, 0.717) is 22.0 Å². The Labute approximate surface area is 192 Å². The summed E-state index contributed by atoms with van der Waals surface area (Å²) in [4.78, 5) is 41.5. The van der Waals surface area contributed by atoms with Crippen LogP contribution in [0.15, 0.2) is 63.3 Å². The van der Waals surface area contributed by atoms with Gasteiger partial charge in [-0.2, -0.15) is 0 Å². The lowest BCUT2D eigenvalue weighted by Crippen LogP contribution is -2.37. The fraction of sp³-hybridized carbons (Fsp3) is 0.217. The van der Waals surface area contributed by atoms with E-state index < -0.39 is 23.0 Å². The monoisotopic (exact) mass is 468 g/mol. The highest BCUT2D eigenvalue weighted by molar-refractivity contribution is 7.98. The third kappa shape index (κ3) is 4.21. The molecule has 2 heterocycles. The Morgan fingerprint density at radius 2 is 1.76 bits per heavy atom. The maximum atomic E-state index is 14.4. The molecule has 0 saturated heterocycles. The van der Waals surface area contributed by atoms with Crippen LogP contribution in [0.25, 0.3) is 11.2 Å². The number of fused-ring (bicyclic) bond motifs is 1. The van der Waals surface area contributed by atoms with E-state index in [-0.39, 0.29) is 17.7 Å². The second kappa shape index (κ2) is 9.07. The first kappa shape index (κ1) is 22.5. The zero-order valence-corrected chi connectivity index (χ0v) is 19.1. The molecule has 0 amide bonds. The van der Waals surface area contributed by atoms with Crippen LogP contribution in [-0.2, 0) is 31.1 Å². The normalized spacial score (nSPS) is 11.2. The summed E-state index contributed by atoms with van der Waals surface area (Å²) < 4.78 is 23.1. The molecule has 4 rings (SSSR count). The lowest BCUT2D eigenvalue weighted by atomic mass is 10.1. The van der Waals surface area contributed by atoms with Crippen molar-refractivity contribution in [3.63, 3.8) is 0 Å². The molecule has 4 aromatic rings. The number of aromatic nitrogens is 4. The maximum Gasteiger partial charge on any atom is 0.337 e. The molecule has 33 heavy (non-hydrogen) atoms. The number of carbonyl (C=O) groups is 1. The Morgan fingerprint density at radius 3 is 2.42 bits per heavy atom. The van der Waals surface area contributed by atoms with E-state index in [1.807, 2.05) is 0 Å². The lowest BCUT2D eigenvalue weighted by molar-refractivity contribution is 0.0600. The zero-order chi connectivity index (χ0) is 23.7. The van der Waals surface area contributed by atoms with E-state index in [0.717, 1.165) is 10.1 Å². The van der Waals surface area contributed by atoms with Gasteiger partial charge in [-0.1, -0.05) is 42.1 Å². The fourth-order valence-electron chi connectivity index (χ4n) is 3.48. The summed E-state index contributed by atoms with van der Waals surface area (Å²) in [5.74, 6) is -0.330. The minimum absolute atomic E-state index is 0.0836. The summed E-state index contributed by atoms with van der Waals surface area (Å²) in [5, 5.41) is 0.476. The minimum Gasteiger partial charge on any atom is -0.465 e. The van der Waals surface area contributed by atoms with E-state index in [9.17, 15) is 18.8 Å². The lowest BCUT2D eigenvalue weighted by Gasteiger charge is -2.10. The smallest absolute Gasteiger partial charge is 0.337 e. The second-order valence-electron chi connectivity index (χ2n) is 7.43. The number of ether oxygens (including phenoxy) is 1. The van der Waals surface area contributed by atoms with Gasteiger partial charge in [0.25, 0.3) is 5.56 Å². The molecular formula is C23H21FN4O4S. The summed E-state index contributed by atoms with van der Waals surface area (Å²) >= 11 is 1.35. The largest absolute Gasteiger partial charge is 0.465 e. The number of esters is 1. The maximum absolute atomic E-state index is 14.4. The van der Waals surface area contributed by atoms with Crippen molar-refractivity contribution < 1.29 is 13.9 Å². The molecule has 170 valence electrons. The van der Waals surface area contributed by atoms with E-state index in [1.54, 1.807) is 54.1 Å². The molecular weight excluding hydrogens is 447 g/mol. The highest BCUT2D eigenvalue weighted by Gasteiger charge is 2.20. The number of nitrogens with zero attached hydrogens (tertiary/aromatic N) is 4. The summed E-state index contributed by atoms with van der Waals surface area (Å²) in [7, 11) is 4.27. The molecule has 0 atom stereocenters. The first-order chi connectivity index (χ1) is 15.8. The Balaban J connectivity index is 1.77. The molecule has 0 saturated carbocycles. The summed E-state index contributed by atoms with van der Waals surface area (Å²) in [5.41, 5.74) is 1.24. The fourth-order valence-corrected chi connectivity index (χ4v) is 4.43. The Morgan fingerprint density at radius 1 is 1.06 bits per heavy atom. The van der Waals surface area contributed by atoms with Gasteiger partial charge >= 0.3 is 11.7 Å². The average molecular weight is 469 g/mol. The van der Waals surface area contributed by atoms with Gasteiger partial charge in [-0.3, -0.25) is 13.9 Å². The zero-order valence-electron chi connectivity index (χ0n) is 18.2. The van der Waals surface area contributed by atoms with Crippen molar-refractivity contribution in [3.05, 3.63) is 91.9 Å². The van der Waals surface area contributed by atoms with Crippen LogP contribution in [0.1, 0.15) is 21.5 Å². The number of imidazole rings is 1. The van der Waals surface area contributed by atoms with Crippen LogP contribution in [0.4, 0.5) is 4.39 Å². The molecule has 8 nitrogen and oxygen atoms in total. The van der Waals surface area contributed by atoms with Crippen molar-refractivity contribution in [2.75, 3.05) is 7.11 Å². The molecule has 0 unspecified atom stereocenters. The number of thioether (sulfide) groups is 1. The van der Waals surface area contributed by atoms with E-state index in [2.05, 4.69) is 4.98 Å². The Kier molecular flexibility index (Phi) is 6.19. The average Bonchev–Trinajstić information content (AvgIpc) is 3.19. The van der Waals surface area contributed by atoms with Crippen molar-refractivity contribution in [2.45, 2.75) is 17.5 Å². The molecule has 0 spiro atoms. The van der Waals surface area contributed by atoms with Crippen molar-refractivity contribution in [2.24, 2.45) is 14.1 Å². The molecule has 2 aromatic carbocycles. The number of methoxy groups -OCH3 is 1. The molecule has 0 radical (unpaired) electrons. The van der Waals surface area contributed by atoms with Gasteiger partial charge < -0.3 is 9.30 Å². The van der Waals surface area contributed by atoms with Crippen molar-refractivity contribution in [1.29, 1.82) is 0 Å². The Hall–Kier alpha value is -3.66. The number of hydrogen-bond acceptors (Lipinski definition) is 6. The van der Waals surface area contributed by atoms with Crippen LogP contribution in [0.2, 0.25) is 0 Å². The molecule has 0 bridgehead atoms. The SMILES string of the molecule is COC(=O)c1ccc(CSc2nc3c(c(=O)n(C)c(=O)n3C)n2Cc2ccccc2F)cc1. The number of benzene rings is 2. The van der Waals surface area contributed by atoms with Crippen molar-refractivity contribution in [3.8, 4) is 0 Å². The molecule has 0 aliphatic heterocycles. The Bertz CT molecular complexity index is 1470. The molecule has 0 aliphatic carbocycles. The predicted octanol–water partition coefficient (Wildman–Crippen LogP) is 2.70. The number of rotatable bonds is 6. The van der Waals surface area contributed by atoms with Crippen molar-refractivity contribution in [1.82, 2.24) is 18.7 Å². The van der Waals surface area contributed by atoms with Gasteiger partial charge in [0.1, 0.15) is 5.82 Å². The number of halogens is 1. The van der Waals surface area contributed by atoms with E-state index >= 15 is 0 Å². The highest BCUT2D eigenvalue weighted by Crippen LogP contribution is 2.26. The summed E-state index contributed by atoms with van der Waals surface area (Å²) in [6, 6.07) is 13.3. The van der Waals surface area contributed by atoms with E-state index in [4.69, 9.17) is 4.74 Å². The van der Waals surface area contributed by atoms with Gasteiger partial charge in [0.15, 0.2) is 16.3 Å². The molecule has 2 aromatic heterocycles. The topological polar surface area (TPSA) is 88.1 Å². The van der Waals surface area contributed by atoms with Crippen LogP contribution in [0.5, 0.6) is 0 Å². The van der Waals surface area contributed by atoms with Crippen LogP contribution in [-0.4, -0.2) is 31.8 Å². The first-order valence-corrected chi connectivity index (χ1v) is 11.0. The van der Waals surface area contributed by atoms with Crippen LogP contribution in [0.3, 0.4) is 0 Å². The van der Waals surface area contributed by atoms with Gasteiger partial charge in [0.05, 0.1) is 19.2 Å². The summed E-state index contributed by atoms with van der Waals surface area (Å²) in [6.07, 6.45) is 0. The van der Waals surface area contributed by atoms with Gasteiger partial charge in [-0.15, -0.1) is 0 Å². The first-order valence-electron chi connectivity index (χ1n) is 10.0.